The van der Waals surface area contributed by atoms with E-state index in [0.29, 0.717) is 11.3 Å². The molecule has 1 amide bonds. The summed E-state index contributed by atoms with van der Waals surface area (Å²) in [6.45, 7) is 3.55. The van der Waals surface area contributed by atoms with Crippen molar-refractivity contribution in [3.8, 4) is 21.9 Å². The first-order valence-electron chi connectivity index (χ1n) is 8.55. The van der Waals surface area contributed by atoms with Crippen LogP contribution in [0.3, 0.4) is 0 Å². The largest absolute Gasteiger partial charge is 0.458 e. The number of furan rings is 1. The van der Waals surface area contributed by atoms with Gasteiger partial charge in [-0.2, -0.15) is 0 Å². The van der Waals surface area contributed by atoms with Gasteiger partial charge in [-0.1, -0.05) is 12.1 Å². The summed E-state index contributed by atoms with van der Waals surface area (Å²) in [5.74, 6) is 0.369. The molecule has 0 aliphatic heterocycles. The van der Waals surface area contributed by atoms with E-state index in [1.165, 1.54) is 17.5 Å². The first kappa shape index (κ1) is 18.1. The first-order chi connectivity index (χ1) is 13.5. The van der Waals surface area contributed by atoms with Gasteiger partial charge in [0.25, 0.3) is 5.91 Å². The number of amides is 1. The minimum Gasteiger partial charge on any atom is -0.458 e. The summed E-state index contributed by atoms with van der Waals surface area (Å²) < 4.78 is 19.7. The van der Waals surface area contributed by atoms with Gasteiger partial charge in [0.15, 0.2) is 16.6 Å². The highest BCUT2D eigenvalue weighted by Crippen LogP contribution is 2.33. The van der Waals surface area contributed by atoms with Crippen LogP contribution < -0.4 is 5.32 Å². The molecular formula is C21H16FN3O2S. The van der Waals surface area contributed by atoms with Crippen LogP contribution in [-0.4, -0.2) is 15.9 Å². The van der Waals surface area contributed by atoms with Gasteiger partial charge in [0, 0.05) is 29.0 Å². The molecule has 0 bridgehead atoms. The summed E-state index contributed by atoms with van der Waals surface area (Å²) >= 11 is 1.52. The Morgan fingerprint density at radius 3 is 2.64 bits per heavy atom. The maximum Gasteiger partial charge on any atom is 0.259 e. The molecule has 7 heteroatoms. The van der Waals surface area contributed by atoms with Crippen molar-refractivity contribution in [2.45, 2.75) is 13.8 Å². The van der Waals surface area contributed by atoms with Crippen molar-refractivity contribution >= 4 is 22.9 Å². The minimum atomic E-state index is -0.641. The van der Waals surface area contributed by atoms with Crippen molar-refractivity contribution in [1.29, 1.82) is 0 Å². The molecule has 0 aliphatic rings. The van der Waals surface area contributed by atoms with Crippen molar-refractivity contribution in [1.82, 2.24) is 9.97 Å². The van der Waals surface area contributed by atoms with Gasteiger partial charge in [-0.05, 0) is 43.2 Å². The van der Waals surface area contributed by atoms with E-state index >= 15 is 0 Å². The number of halogens is 1. The number of carbonyl (C=O) groups is 1. The van der Waals surface area contributed by atoms with E-state index in [4.69, 9.17) is 4.42 Å². The summed E-state index contributed by atoms with van der Waals surface area (Å²) in [5, 5.41) is 5.45. The molecule has 5 nitrogen and oxygen atoms in total. The van der Waals surface area contributed by atoms with Gasteiger partial charge in [0.2, 0.25) is 0 Å². The molecule has 4 rings (SSSR count). The second kappa shape index (κ2) is 7.36. The highest BCUT2D eigenvalue weighted by molar-refractivity contribution is 7.13. The van der Waals surface area contributed by atoms with Gasteiger partial charge >= 0.3 is 0 Å². The molecule has 0 fully saturated rings. The summed E-state index contributed by atoms with van der Waals surface area (Å²) in [5.41, 5.74) is 2.97. The van der Waals surface area contributed by atoms with E-state index in [0.717, 1.165) is 33.9 Å². The van der Waals surface area contributed by atoms with Crippen molar-refractivity contribution in [2.75, 3.05) is 5.32 Å². The lowest BCUT2D eigenvalue weighted by Gasteiger charge is -2.09. The quantitative estimate of drug-likeness (QED) is 0.499. The molecule has 28 heavy (non-hydrogen) atoms. The van der Waals surface area contributed by atoms with Gasteiger partial charge in [-0.3, -0.25) is 9.78 Å². The number of pyridine rings is 1. The second-order valence-electron chi connectivity index (χ2n) is 6.26. The Morgan fingerprint density at radius 2 is 1.96 bits per heavy atom. The Morgan fingerprint density at radius 1 is 1.18 bits per heavy atom. The molecule has 1 aromatic carbocycles. The highest BCUT2D eigenvalue weighted by atomic mass is 32.1. The van der Waals surface area contributed by atoms with Crippen LogP contribution in [0, 0.1) is 19.7 Å². The fourth-order valence-electron chi connectivity index (χ4n) is 2.97. The zero-order valence-electron chi connectivity index (χ0n) is 15.2. The maximum atomic E-state index is 13.9. The molecule has 4 aromatic rings. The standard InChI is InChI=1S/C21H16FN3O2S/c1-12-10-23-11-17(22)19(12)20(26)25-15-5-3-14(4-6-15)16-9-18(27-13(16)2)21-24-7-8-28-21/h3-11H,1-2H3,(H,25,26). The minimum absolute atomic E-state index is 0.00200. The molecule has 140 valence electrons. The summed E-state index contributed by atoms with van der Waals surface area (Å²) in [4.78, 5) is 20.4. The van der Waals surface area contributed by atoms with Crippen molar-refractivity contribution in [3.63, 3.8) is 0 Å². The molecule has 3 aromatic heterocycles. The van der Waals surface area contributed by atoms with Gasteiger partial charge in [-0.15, -0.1) is 11.3 Å². The predicted octanol–water partition coefficient (Wildman–Crippen LogP) is 5.47. The fraction of sp³-hybridized carbons (Fsp3) is 0.0952. The number of thiazole rings is 1. The van der Waals surface area contributed by atoms with Crippen LogP contribution >= 0.6 is 11.3 Å². The van der Waals surface area contributed by atoms with E-state index in [1.807, 2.05) is 30.5 Å². The van der Waals surface area contributed by atoms with Crippen LogP contribution in [-0.2, 0) is 0 Å². The summed E-state index contributed by atoms with van der Waals surface area (Å²) in [6, 6.07) is 9.27. The first-order valence-corrected chi connectivity index (χ1v) is 9.43. The molecule has 0 saturated carbocycles. The Hall–Kier alpha value is -3.32. The Balaban J connectivity index is 1.56. The zero-order chi connectivity index (χ0) is 19.7. The van der Waals surface area contributed by atoms with Crippen molar-refractivity contribution in [3.05, 3.63) is 77.0 Å². The molecule has 1 N–H and O–H groups in total. The molecule has 0 radical (unpaired) electrons. The smallest absolute Gasteiger partial charge is 0.259 e. The molecule has 3 heterocycles. The van der Waals surface area contributed by atoms with Crippen molar-refractivity contribution in [2.24, 2.45) is 0 Å². The molecular weight excluding hydrogens is 377 g/mol. The number of anilines is 1. The van der Waals surface area contributed by atoms with E-state index in [9.17, 15) is 9.18 Å². The van der Waals surface area contributed by atoms with E-state index in [1.54, 1.807) is 25.3 Å². The highest BCUT2D eigenvalue weighted by Gasteiger charge is 2.16. The van der Waals surface area contributed by atoms with Crippen LogP contribution in [0.1, 0.15) is 21.7 Å². The molecule has 0 aliphatic carbocycles. The number of rotatable bonds is 4. The fourth-order valence-corrected chi connectivity index (χ4v) is 3.55. The number of hydrogen-bond donors (Lipinski definition) is 1. The third kappa shape index (κ3) is 3.44. The monoisotopic (exact) mass is 393 g/mol. The third-order valence-electron chi connectivity index (χ3n) is 4.33. The average molecular weight is 393 g/mol. The van der Waals surface area contributed by atoms with Gasteiger partial charge in [0.1, 0.15) is 5.76 Å². The van der Waals surface area contributed by atoms with Gasteiger partial charge in [0.05, 0.1) is 11.8 Å². The van der Waals surface area contributed by atoms with Gasteiger partial charge in [-0.25, -0.2) is 9.37 Å². The molecule has 0 unspecified atom stereocenters. The number of nitrogens with one attached hydrogen (secondary N) is 1. The van der Waals surface area contributed by atoms with Gasteiger partial charge < -0.3 is 9.73 Å². The Bertz CT molecular complexity index is 1110. The molecule has 0 atom stereocenters. The molecule has 0 saturated heterocycles. The Kier molecular flexibility index (Phi) is 4.75. The lowest BCUT2D eigenvalue weighted by molar-refractivity contribution is 0.102. The van der Waals surface area contributed by atoms with Crippen LogP contribution in [0.4, 0.5) is 10.1 Å². The Labute approximate surface area is 164 Å². The van der Waals surface area contributed by atoms with E-state index in [-0.39, 0.29) is 5.56 Å². The lowest BCUT2D eigenvalue weighted by atomic mass is 10.1. The second-order valence-corrected chi connectivity index (χ2v) is 7.16. The van der Waals surface area contributed by atoms with Crippen LogP contribution in [0.5, 0.6) is 0 Å². The number of hydrogen-bond acceptors (Lipinski definition) is 5. The van der Waals surface area contributed by atoms with Crippen LogP contribution in [0.2, 0.25) is 0 Å². The third-order valence-corrected chi connectivity index (χ3v) is 5.12. The number of aryl methyl sites for hydroxylation is 2. The van der Waals surface area contributed by atoms with Crippen molar-refractivity contribution < 1.29 is 13.6 Å². The van der Waals surface area contributed by atoms with E-state index in [2.05, 4.69) is 15.3 Å². The maximum absolute atomic E-state index is 13.9. The van der Waals surface area contributed by atoms with Crippen LogP contribution in [0.25, 0.3) is 21.9 Å². The number of carbonyl (C=O) groups excluding carboxylic acids is 1. The normalized spacial score (nSPS) is 10.8. The van der Waals surface area contributed by atoms with Crippen LogP contribution in [0.15, 0.2) is 58.7 Å². The summed E-state index contributed by atoms with van der Waals surface area (Å²) in [7, 11) is 0. The number of aromatic nitrogens is 2. The SMILES string of the molecule is Cc1cncc(F)c1C(=O)Nc1ccc(-c2cc(-c3nccs3)oc2C)cc1. The molecule has 0 spiro atoms. The summed E-state index contributed by atoms with van der Waals surface area (Å²) in [6.07, 6.45) is 4.23. The average Bonchev–Trinajstić information content (AvgIpc) is 3.32. The number of benzene rings is 1. The van der Waals surface area contributed by atoms with E-state index < -0.39 is 11.7 Å². The predicted molar refractivity (Wildman–Crippen MR) is 107 cm³/mol. The topological polar surface area (TPSA) is 68.0 Å². The lowest BCUT2D eigenvalue weighted by Crippen LogP contribution is -2.15. The zero-order valence-corrected chi connectivity index (χ0v) is 16.0. The number of nitrogens with zero attached hydrogens (tertiary/aromatic N) is 2.